The third-order valence-electron chi connectivity index (χ3n) is 6.23. The van der Waals surface area contributed by atoms with Gasteiger partial charge in [0.25, 0.3) is 0 Å². The van der Waals surface area contributed by atoms with Gasteiger partial charge in [-0.2, -0.15) is 4.98 Å². The molecule has 8 nitrogen and oxygen atoms in total. The maximum atomic E-state index is 13.0. The van der Waals surface area contributed by atoms with Crippen molar-refractivity contribution in [3.8, 4) is 11.4 Å². The standard InChI is InChI=1S/C25H27N5O3/c31-23-12-6-14-30(23)21-11-4-10-20(15-21)26-25(32)19-9-5-13-29(16-19)17-22-27-24(28-33-22)18-7-2-1-3-8-18/h1-4,7-8,10-11,15,19H,5-6,9,12-14,16-17H2,(H,26,32). The summed E-state index contributed by atoms with van der Waals surface area (Å²) in [6, 6.07) is 17.3. The van der Waals surface area contributed by atoms with E-state index in [1.54, 1.807) is 4.90 Å². The monoisotopic (exact) mass is 445 g/mol. The molecule has 3 aromatic rings. The van der Waals surface area contributed by atoms with Crippen LogP contribution < -0.4 is 10.2 Å². The molecule has 33 heavy (non-hydrogen) atoms. The normalized spacial score (nSPS) is 19.1. The van der Waals surface area contributed by atoms with Crippen LogP contribution in [0.15, 0.2) is 59.1 Å². The maximum absolute atomic E-state index is 13.0. The molecule has 1 N–H and O–H groups in total. The van der Waals surface area contributed by atoms with Gasteiger partial charge in [-0.1, -0.05) is 41.6 Å². The van der Waals surface area contributed by atoms with Gasteiger partial charge in [-0.05, 0) is 44.0 Å². The smallest absolute Gasteiger partial charge is 0.241 e. The van der Waals surface area contributed by atoms with E-state index in [0.29, 0.717) is 31.2 Å². The minimum absolute atomic E-state index is 0.0000946. The Hall–Kier alpha value is -3.52. The molecule has 2 fully saturated rings. The lowest BCUT2D eigenvalue weighted by molar-refractivity contribution is -0.121. The molecular formula is C25H27N5O3. The summed E-state index contributed by atoms with van der Waals surface area (Å²) < 4.78 is 5.45. The largest absolute Gasteiger partial charge is 0.338 e. The molecule has 3 heterocycles. The Kier molecular flexibility index (Phi) is 6.17. The number of hydrogen-bond acceptors (Lipinski definition) is 6. The molecule has 2 saturated heterocycles. The van der Waals surface area contributed by atoms with Crippen molar-refractivity contribution in [1.29, 1.82) is 0 Å². The Morgan fingerprint density at radius 3 is 2.79 bits per heavy atom. The summed E-state index contributed by atoms with van der Waals surface area (Å²) >= 11 is 0. The van der Waals surface area contributed by atoms with Gasteiger partial charge in [-0.25, -0.2) is 0 Å². The fourth-order valence-corrected chi connectivity index (χ4v) is 4.55. The highest BCUT2D eigenvalue weighted by atomic mass is 16.5. The van der Waals surface area contributed by atoms with E-state index in [2.05, 4.69) is 20.4 Å². The summed E-state index contributed by atoms with van der Waals surface area (Å²) in [5, 5.41) is 7.13. The summed E-state index contributed by atoms with van der Waals surface area (Å²) in [6.45, 7) is 2.78. The highest BCUT2D eigenvalue weighted by Gasteiger charge is 2.27. The predicted octanol–water partition coefficient (Wildman–Crippen LogP) is 3.71. The number of aromatic nitrogens is 2. The minimum atomic E-state index is -0.118. The second kappa shape index (κ2) is 9.54. The molecular weight excluding hydrogens is 418 g/mol. The van der Waals surface area contributed by atoms with E-state index >= 15 is 0 Å². The number of hydrogen-bond donors (Lipinski definition) is 1. The van der Waals surface area contributed by atoms with Crippen LogP contribution in [-0.2, 0) is 16.1 Å². The minimum Gasteiger partial charge on any atom is -0.338 e. The average Bonchev–Trinajstić information content (AvgIpc) is 3.49. The summed E-state index contributed by atoms with van der Waals surface area (Å²) in [5.41, 5.74) is 2.48. The summed E-state index contributed by atoms with van der Waals surface area (Å²) in [6.07, 6.45) is 3.23. The zero-order valence-corrected chi connectivity index (χ0v) is 18.4. The molecule has 2 aromatic carbocycles. The van der Waals surface area contributed by atoms with E-state index in [0.717, 1.165) is 49.3 Å². The molecule has 1 aromatic heterocycles. The molecule has 0 bridgehead atoms. The molecule has 0 spiro atoms. The van der Waals surface area contributed by atoms with Crippen LogP contribution >= 0.6 is 0 Å². The lowest BCUT2D eigenvalue weighted by Crippen LogP contribution is -2.40. The van der Waals surface area contributed by atoms with Gasteiger partial charge in [0.1, 0.15) is 0 Å². The number of benzene rings is 2. The van der Waals surface area contributed by atoms with Crippen LogP contribution in [0.4, 0.5) is 11.4 Å². The summed E-state index contributed by atoms with van der Waals surface area (Å²) in [4.78, 5) is 33.5. The molecule has 0 aliphatic carbocycles. The molecule has 2 aliphatic heterocycles. The van der Waals surface area contributed by atoms with Gasteiger partial charge in [0, 0.05) is 36.4 Å². The first-order chi connectivity index (χ1) is 16.2. The van der Waals surface area contributed by atoms with Crippen LogP contribution in [0.2, 0.25) is 0 Å². The van der Waals surface area contributed by atoms with Gasteiger partial charge in [0.2, 0.25) is 23.5 Å². The van der Waals surface area contributed by atoms with E-state index in [1.165, 1.54) is 0 Å². The predicted molar refractivity (Wildman–Crippen MR) is 124 cm³/mol. The molecule has 170 valence electrons. The Bertz CT molecular complexity index is 1130. The number of rotatable bonds is 6. The third kappa shape index (κ3) is 4.96. The quantitative estimate of drug-likeness (QED) is 0.622. The van der Waals surface area contributed by atoms with Gasteiger partial charge in [-0.3, -0.25) is 14.5 Å². The summed E-state index contributed by atoms with van der Waals surface area (Å²) in [7, 11) is 0. The zero-order chi connectivity index (χ0) is 22.6. The SMILES string of the molecule is O=C(Nc1cccc(N2CCCC2=O)c1)C1CCCN(Cc2nc(-c3ccccc3)no2)C1. The molecule has 1 unspecified atom stereocenters. The van der Waals surface area contributed by atoms with Gasteiger partial charge in [-0.15, -0.1) is 0 Å². The topological polar surface area (TPSA) is 91.6 Å². The van der Waals surface area contributed by atoms with Crippen molar-refractivity contribution in [1.82, 2.24) is 15.0 Å². The van der Waals surface area contributed by atoms with E-state index in [-0.39, 0.29) is 17.7 Å². The second-order valence-electron chi connectivity index (χ2n) is 8.64. The molecule has 1 atom stereocenters. The Labute approximate surface area is 192 Å². The van der Waals surface area contributed by atoms with Gasteiger partial charge < -0.3 is 14.7 Å². The number of nitrogens with one attached hydrogen (secondary N) is 1. The number of likely N-dealkylation sites (tertiary alicyclic amines) is 1. The van der Waals surface area contributed by atoms with Crippen molar-refractivity contribution in [3.63, 3.8) is 0 Å². The number of amides is 2. The van der Waals surface area contributed by atoms with E-state index in [4.69, 9.17) is 4.52 Å². The number of piperidine rings is 1. The summed E-state index contributed by atoms with van der Waals surface area (Å²) in [5.74, 6) is 1.15. The highest BCUT2D eigenvalue weighted by Crippen LogP contribution is 2.26. The first-order valence-corrected chi connectivity index (χ1v) is 11.5. The lowest BCUT2D eigenvalue weighted by Gasteiger charge is -2.31. The second-order valence-corrected chi connectivity index (χ2v) is 8.64. The average molecular weight is 446 g/mol. The highest BCUT2D eigenvalue weighted by molar-refractivity contribution is 5.97. The van der Waals surface area contributed by atoms with Gasteiger partial charge >= 0.3 is 0 Å². The fourth-order valence-electron chi connectivity index (χ4n) is 4.55. The molecule has 0 saturated carbocycles. The maximum Gasteiger partial charge on any atom is 0.241 e. The van der Waals surface area contributed by atoms with E-state index in [9.17, 15) is 9.59 Å². The van der Waals surface area contributed by atoms with Crippen LogP contribution in [0.1, 0.15) is 31.6 Å². The lowest BCUT2D eigenvalue weighted by atomic mass is 9.97. The van der Waals surface area contributed by atoms with Crippen LogP contribution in [0, 0.1) is 5.92 Å². The molecule has 8 heteroatoms. The van der Waals surface area contributed by atoms with Crippen molar-refractivity contribution in [2.45, 2.75) is 32.2 Å². The molecule has 5 rings (SSSR count). The van der Waals surface area contributed by atoms with Crippen LogP contribution in [0.3, 0.4) is 0 Å². The molecule has 0 radical (unpaired) electrons. The van der Waals surface area contributed by atoms with Crippen molar-refractivity contribution >= 4 is 23.2 Å². The molecule has 2 amide bonds. The van der Waals surface area contributed by atoms with Crippen molar-refractivity contribution in [3.05, 3.63) is 60.5 Å². The number of carbonyl (C=O) groups is 2. The number of nitrogens with zero attached hydrogens (tertiary/aromatic N) is 4. The Balaban J connectivity index is 1.19. The first kappa shape index (κ1) is 21.3. The number of anilines is 2. The Morgan fingerprint density at radius 1 is 1.09 bits per heavy atom. The van der Waals surface area contributed by atoms with Crippen molar-refractivity contribution in [2.24, 2.45) is 5.92 Å². The fraction of sp³-hybridized carbons (Fsp3) is 0.360. The van der Waals surface area contributed by atoms with Crippen molar-refractivity contribution in [2.75, 3.05) is 29.9 Å². The van der Waals surface area contributed by atoms with Crippen molar-refractivity contribution < 1.29 is 14.1 Å². The van der Waals surface area contributed by atoms with E-state index in [1.807, 2.05) is 54.6 Å². The third-order valence-corrected chi connectivity index (χ3v) is 6.23. The van der Waals surface area contributed by atoms with E-state index < -0.39 is 0 Å². The zero-order valence-electron chi connectivity index (χ0n) is 18.4. The van der Waals surface area contributed by atoms with Crippen LogP contribution in [-0.4, -0.2) is 46.5 Å². The van der Waals surface area contributed by atoms with Crippen LogP contribution in [0.25, 0.3) is 11.4 Å². The van der Waals surface area contributed by atoms with Gasteiger partial charge in [0.05, 0.1) is 12.5 Å². The Morgan fingerprint density at radius 2 is 1.97 bits per heavy atom. The van der Waals surface area contributed by atoms with Gasteiger partial charge in [0.15, 0.2) is 0 Å². The first-order valence-electron chi connectivity index (χ1n) is 11.5. The number of carbonyl (C=O) groups excluding carboxylic acids is 2. The van der Waals surface area contributed by atoms with Crippen LogP contribution in [0.5, 0.6) is 0 Å². The molecule has 2 aliphatic rings.